The molecule has 9 heteroatoms. The summed E-state index contributed by atoms with van der Waals surface area (Å²) in [5.74, 6) is 0.207. The third kappa shape index (κ3) is 5.86. The highest BCUT2D eigenvalue weighted by Gasteiger charge is 2.13. The standard InChI is InChI=1S/C15H17ClN4O3S/c1-9(2)7-17-14(22)18-12(21)8-24-15-20-19-13(23-15)10-3-5-11(16)6-4-10/h3-6,9H,7-8H2,1-2H3,(H2,17,18,21,22). The first-order chi connectivity index (χ1) is 11.4. The zero-order valence-electron chi connectivity index (χ0n) is 13.2. The highest BCUT2D eigenvalue weighted by atomic mass is 35.5. The van der Waals surface area contributed by atoms with Crippen molar-refractivity contribution < 1.29 is 14.0 Å². The average Bonchev–Trinajstić information content (AvgIpc) is 3.00. The van der Waals surface area contributed by atoms with E-state index in [4.69, 9.17) is 16.0 Å². The van der Waals surface area contributed by atoms with E-state index in [0.29, 0.717) is 23.4 Å². The van der Waals surface area contributed by atoms with Crippen molar-refractivity contribution in [2.75, 3.05) is 12.3 Å². The summed E-state index contributed by atoms with van der Waals surface area (Å²) in [6.07, 6.45) is 0. The highest BCUT2D eigenvalue weighted by Crippen LogP contribution is 2.24. The summed E-state index contributed by atoms with van der Waals surface area (Å²) in [6, 6.07) is 6.45. The summed E-state index contributed by atoms with van der Waals surface area (Å²) >= 11 is 6.88. The molecule has 0 aliphatic carbocycles. The van der Waals surface area contributed by atoms with Crippen LogP contribution in [0.15, 0.2) is 33.9 Å². The van der Waals surface area contributed by atoms with Gasteiger partial charge in [0.25, 0.3) is 5.22 Å². The molecule has 0 unspecified atom stereocenters. The molecule has 0 saturated carbocycles. The Labute approximate surface area is 148 Å². The van der Waals surface area contributed by atoms with Crippen molar-refractivity contribution >= 4 is 35.3 Å². The van der Waals surface area contributed by atoms with Gasteiger partial charge in [-0.05, 0) is 30.2 Å². The molecule has 3 amide bonds. The Bertz CT molecular complexity index is 703. The predicted octanol–water partition coefficient (Wildman–Crippen LogP) is 2.96. The van der Waals surface area contributed by atoms with Crippen LogP contribution < -0.4 is 10.6 Å². The highest BCUT2D eigenvalue weighted by molar-refractivity contribution is 7.99. The Balaban J connectivity index is 1.81. The number of thioether (sulfide) groups is 1. The molecule has 0 atom stereocenters. The summed E-state index contributed by atoms with van der Waals surface area (Å²) < 4.78 is 5.46. The average molecular weight is 369 g/mol. The Kier molecular flexibility index (Phi) is 6.62. The second kappa shape index (κ2) is 8.70. The van der Waals surface area contributed by atoms with Crippen molar-refractivity contribution in [2.45, 2.75) is 19.1 Å². The Hall–Kier alpha value is -2.06. The van der Waals surface area contributed by atoms with Gasteiger partial charge in [-0.1, -0.05) is 37.2 Å². The Morgan fingerprint density at radius 1 is 1.25 bits per heavy atom. The Morgan fingerprint density at radius 2 is 1.96 bits per heavy atom. The molecule has 1 aromatic heterocycles. The molecule has 2 rings (SSSR count). The van der Waals surface area contributed by atoms with Crippen LogP contribution in [0, 0.1) is 5.92 Å². The number of carbonyl (C=O) groups is 2. The summed E-state index contributed by atoms with van der Waals surface area (Å²) in [6.45, 7) is 4.43. The second-order valence-electron chi connectivity index (χ2n) is 5.32. The maximum absolute atomic E-state index is 11.7. The number of aromatic nitrogens is 2. The van der Waals surface area contributed by atoms with Gasteiger partial charge >= 0.3 is 6.03 Å². The van der Waals surface area contributed by atoms with Gasteiger partial charge in [0.05, 0.1) is 5.75 Å². The third-order valence-corrected chi connectivity index (χ3v) is 3.82. The van der Waals surface area contributed by atoms with Crippen LogP contribution in [0.3, 0.4) is 0 Å². The quantitative estimate of drug-likeness (QED) is 0.761. The van der Waals surface area contributed by atoms with Crippen molar-refractivity contribution in [3.8, 4) is 11.5 Å². The molecular formula is C15H17ClN4O3S. The van der Waals surface area contributed by atoms with E-state index >= 15 is 0 Å². The van der Waals surface area contributed by atoms with E-state index in [9.17, 15) is 9.59 Å². The van der Waals surface area contributed by atoms with Gasteiger partial charge in [0.2, 0.25) is 11.8 Å². The minimum absolute atomic E-state index is 0.00263. The lowest BCUT2D eigenvalue weighted by Gasteiger charge is -2.07. The van der Waals surface area contributed by atoms with E-state index in [1.807, 2.05) is 13.8 Å². The van der Waals surface area contributed by atoms with E-state index in [0.717, 1.165) is 17.3 Å². The molecule has 0 radical (unpaired) electrons. The fourth-order valence-electron chi connectivity index (χ4n) is 1.61. The number of benzene rings is 1. The van der Waals surface area contributed by atoms with Crippen LogP contribution in [0.5, 0.6) is 0 Å². The number of rotatable bonds is 6. The molecule has 1 heterocycles. The van der Waals surface area contributed by atoms with Crippen molar-refractivity contribution in [1.82, 2.24) is 20.8 Å². The first-order valence-electron chi connectivity index (χ1n) is 7.24. The number of halogens is 1. The van der Waals surface area contributed by atoms with Crippen molar-refractivity contribution in [3.05, 3.63) is 29.3 Å². The first kappa shape index (κ1) is 18.3. The van der Waals surface area contributed by atoms with Gasteiger partial charge in [0, 0.05) is 17.1 Å². The van der Waals surface area contributed by atoms with Crippen LogP contribution in [0.25, 0.3) is 11.5 Å². The monoisotopic (exact) mass is 368 g/mol. The number of amides is 3. The van der Waals surface area contributed by atoms with Gasteiger partial charge < -0.3 is 9.73 Å². The Morgan fingerprint density at radius 3 is 2.62 bits per heavy atom. The lowest BCUT2D eigenvalue weighted by molar-refractivity contribution is -0.117. The van der Waals surface area contributed by atoms with Crippen LogP contribution >= 0.6 is 23.4 Å². The summed E-state index contributed by atoms with van der Waals surface area (Å²) in [7, 11) is 0. The zero-order chi connectivity index (χ0) is 17.5. The molecule has 7 nitrogen and oxygen atoms in total. The van der Waals surface area contributed by atoms with Crippen LogP contribution in [0.1, 0.15) is 13.8 Å². The lowest BCUT2D eigenvalue weighted by atomic mass is 10.2. The fourth-order valence-corrected chi connectivity index (χ4v) is 2.30. The molecule has 0 fully saturated rings. The minimum Gasteiger partial charge on any atom is -0.411 e. The first-order valence-corrected chi connectivity index (χ1v) is 8.60. The van der Waals surface area contributed by atoms with E-state index in [-0.39, 0.29) is 11.0 Å². The van der Waals surface area contributed by atoms with Gasteiger partial charge in [0.15, 0.2) is 0 Å². The molecule has 0 aliphatic heterocycles. The van der Waals surface area contributed by atoms with Crippen LogP contribution in [0.4, 0.5) is 4.79 Å². The summed E-state index contributed by atoms with van der Waals surface area (Å²) in [4.78, 5) is 23.2. The van der Waals surface area contributed by atoms with Crippen LogP contribution in [0.2, 0.25) is 5.02 Å². The van der Waals surface area contributed by atoms with Crippen molar-refractivity contribution in [1.29, 1.82) is 0 Å². The number of nitrogens with zero attached hydrogens (tertiary/aromatic N) is 2. The molecule has 0 aliphatic rings. The number of imide groups is 1. The van der Waals surface area contributed by atoms with Crippen LogP contribution in [-0.2, 0) is 4.79 Å². The van der Waals surface area contributed by atoms with Crippen molar-refractivity contribution in [3.63, 3.8) is 0 Å². The SMILES string of the molecule is CC(C)CNC(=O)NC(=O)CSc1nnc(-c2ccc(Cl)cc2)o1. The minimum atomic E-state index is -0.512. The number of carbonyl (C=O) groups excluding carboxylic acids is 2. The number of hydrogen-bond acceptors (Lipinski definition) is 6. The summed E-state index contributed by atoms with van der Waals surface area (Å²) in [5.41, 5.74) is 0.733. The summed E-state index contributed by atoms with van der Waals surface area (Å²) in [5, 5.41) is 13.5. The van der Waals surface area contributed by atoms with Gasteiger partial charge in [-0.2, -0.15) is 0 Å². The molecular weight excluding hydrogens is 352 g/mol. The smallest absolute Gasteiger partial charge is 0.321 e. The molecule has 128 valence electrons. The fraction of sp³-hybridized carbons (Fsp3) is 0.333. The molecule has 0 saturated heterocycles. The molecule has 0 bridgehead atoms. The van der Waals surface area contributed by atoms with Gasteiger partial charge in [-0.25, -0.2) is 4.79 Å². The molecule has 2 N–H and O–H groups in total. The van der Waals surface area contributed by atoms with Crippen LogP contribution in [-0.4, -0.2) is 34.4 Å². The maximum atomic E-state index is 11.7. The molecule has 2 aromatic rings. The van der Waals surface area contributed by atoms with E-state index < -0.39 is 11.9 Å². The van der Waals surface area contributed by atoms with Gasteiger partial charge in [0.1, 0.15) is 0 Å². The van der Waals surface area contributed by atoms with E-state index in [1.165, 1.54) is 0 Å². The molecule has 1 aromatic carbocycles. The molecule has 24 heavy (non-hydrogen) atoms. The zero-order valence-corrected chi connectivity index (χ0v) is 14.8. The number of urea groups is 1. The third-order valence-electron chi connectivity index (χ3n) is 2.75. The van der Waals surface area contributed by atoms with Crippen molar-refractivity contribution in [2.24, 2.45) is 5.92 Å². The lowest BCUT2D eigenvalue weighted by Crippen LogP contribution is -2.41. The number of nitrogens with one attached hydrogen (secondary N) is 2. The maximum Gasteiger partial charge on any atom is 0.321 e. The molecule has 0 spiro atoms. The normalized spacial score (nSPS) is 10.7. The van der Waals surface area contributed by atoms with Gasteiger partial charge in [-0.15, -0.1) is 10.2 Å². The predicted molar refractivity (Wildman–Crippen MR) is 91.8 cm³/mol. The topological polar surface area (TPSA) is 97.1 Å². The van der Waals surface area contributed by atoms with E-state index in [1.54, 1.807) is 24.3 Å². The van der Waals surface area contributed by atoms with Gasteiger partial charge in [-0.3, -0.25) is 10.1 Å². The largest absolute Gasteiger partial charge is 0.411 e. The van der Waals surface area contributed by atoms with E-state index in [2.05, 4.69) is 20.8 Å². The second-order valence-corrected chi connectivity index (χ2v) is 6.68. The number of hydrogen-bond donors (Lipinski definition) is 2.